The number of amides is 1. The molecule has 136 valence electrons. The van der Waals surface area contributed by atoms with Crippen LogP contribution in [0.15, 0.2) is 59.5 Å². The number of benzene rings is 1. The van der Waals surface area contributed by atoms with Gasteiger partial charge in [0.15, 0.2) is 12.4 Å². The van der Waals surface area contributed by atoms with Gasteiger partial charge in [-0.25, -0.2) is 0 Å². The number of ketones is 1. The summed E-state index contributed by atoms with van der Waals surface area (Å²) in [5, 5.41) is 2.56. The monoisotopic (exact) mass is 356 g/mol. The molecule has 0 saturated heterocycles. The van der Waals surface area contributed by atoms with Gasteiger partial charge >= 0.3 is 5.97 Å². The first-order chi connectivity index (χ1) is 12.5. The van der Waals surface area contributed by atoms with Crippen LogP contribution in [0.5, 0.6) is 0 Å². The number of ether oxygens (including phenoxy) is 1. The molecule has 0 spiro atoms. The number of nitrogens with zero attached hydrogens (tertiary/aromatic N) is 1. The third kappa shape index (κ3) is 6.01. The fraction of sp³-hybridized carbons (Fsp3) is 0.263. The number of hydrogen-bond donors (Lipinski definition) is 1. The highest BCUT2D eigenvalue weighted by Gasteiger charge is 2.18. The molecule has 7 nitrogen and oxygen atoms in total. The average Bonchev–Trinajstić information content (AvgIpc) is 2.62. The topological polar surface area (TPSA) is 94.5 Å². The average molecular weight is 356 g/mol. The zero-order chi connectivity index (χ0) is 18.9. The molecule has 0 saturated carbocycles. The highest BCUT2D eigenvalue weighted by Crippen LogP contribution is 2.04. The highest BCUT2D eigenvalue weighted by atomic mass is 16.5. The Morgan fingerprint density at radius 1 is 1.08 bits per heavy atom. The van der Waals surface area contributed by atoms with Gasteiger partial charge in [0.1, 0.15) is 6.54 Å². The normalized spacial score (nSPS) is 11.4. The quantitative estimate of drug-likeness (QED) is 0.703. The lowest BCUT2D eigenvalue weighted by molar-refractivity contribution is -0.149. The summed E-state index contributed by atoms with van der Waals surface area (Å²) in [6, 6.07) is 13.1. The van der Waals surface area contributed by atoms with Gasteiger partial charge in [-0.15, -0.1) is 0 Å². The Kier molecular flexibility index (Phi) is 6.84. The second-order valence-electron chi connectivity index (χ2n) is 5.75. The Labute approximate surface area is 150 Å². The minimum atomic E-state index is -0.712. The smallest absolute Gasteiger partial charge is 0.326 e. The molecule has 0 aliphatic rings. The van der Waals surface area contributed by atoms with Crippen LogP contribution < -0.4 is 10.9 Å². The summed E-state index contributed by atoms with van der Waals surface area (Å²) in [5.41, 5.74) is 0.571. The van der Waals surface area contributed by atoms with E-state index in [4.69, 9.17) is 4.74 Å². The molecule has 7 heteroatoms. The lowest BCUT2D eigenvalue weighted by Gasteiger charge is -2.16. The molecule has 0 aliphatic heterocycles. The molecule has 0 unspecified atom stereocenters. The molecule has 0 radical (unpaired) electrons. The fourth-order valence-electron chi connectivity index (χ4n) is 2.30. The maximum atomic E-state index is 12.0. The van der Waals surface area contributed by atoms with Crippen LogP contribution in [0, 0.1) is 0 Å². The van der Waals surface area contributed by atoms with Gasteiger partial charge in [-0.3, -0.25) is 19.2 Å². The van der Waals surface area contributed by atoms with Crippen molar-refractivity contribution in [2.24, 2.45) is 0 Å². The summed E-state index contributed by atoms with van der Waals surface area (Å²) < 4.78 is 6.05. The van der Waals surface area contributed by atoms with Crippen molar-refractivity contribution in [2.45, 2.75) is 25.9 Å². The van der Waals surface area contributed by atoms with Crippen LogP contribution in [0.2, 0.25) is 0 Å². The van der Waals surface area contributed by atoms with Crippen molar-refractivity contribution in [3.8, 4) is 0 Å². The van der Waals surface area contributed by atoms with Crippen molar-refractivity contribution in [2.75, 3.05) is 6.61 Å². The molecule has 0 fully saturated rings. The number of esters is 1. The van der Waals surface area contributed by atoms with Crippen molar-refractivity contribution >= 4 is 17.7 Å². The third-order valence-corrected chi connectivity index (χ3v) is 3.67. The van der Waals surface area contributed by atoms with E-state index in [0.717, 1.165) is 5.56 Å². The van der Waals surface area contributed by atoms with Gasteiger partial charge in [-0.1, -0.05) is 36.4 Å². The first-order valence-electron chi connectivity index (χ1n) is 8.10. The van der Waals surface area contributed by atoms with Gasteiger partial charge < -0.3 is 14.6 Å². The molecule has 1 N–H and O–H groups in total. The van der Waals surface area contributed by atoms with Crippen LogP contribution in [0.3, 0.4) is 0 Å². The number of rotatable bonds is 8. The van der Waals surface area contributed by atoms with Crippen LogP contribution in [-0.2, 0) is 32.1 Å². The van der Waals surface area contributed by atoms with Crippen LogP contribution in [-0.4, -0.2) is 34.9 Å². The predicted octanol–water partition coefficient (Wildman–Crippen LogP) is 0.708. The van der Waals surface area contributed by atoms with E-state index in [-0.39, 0.29) is 17.9 Å². The molecule has 1 amide bonds. The molecule has 2 aromatic rings. The highest BCUT2D eigenvalue weighted by molar-refractivity contribution is 5.88. The van der Waals surface area contributed by atoms with E-state index in [9.17, 15) is 19.2 Å². The Hall–Kier alpha value is -3.22. The van der Waals surface area contributed by atoms with Crippen LogP contribution >= 0.6 is 0 Å². The molecule has 0 aliphatic carbocycles. The number of carbonyl (C=O) groups excluding carboxylic acids is 3. The van der Waals surface area contributed by atoms with Crippen molar-refractivity contribution in [3.05, 3.63) is 70.6 Å². The van der Waals surface area contributed by atoms with E-state index in [2.05, 4.69) is 5.32 Å². The van der Waals surface area contributed by atoms with Gasteiger partial charge in [0.05, 0.1) is 6.04 Å². The minimum Gasteiger partial charge on any atom is -0.454 e. The molecular formula is C19H20N2O5. The van der Waals surface area contributed by atoms with Crippen LogP contribution in [0.1, 0.15) is 12.5 Å². The Balaban J connectivity index is 1.84. The van der Waals surface area contributed by atoms with E-state index in [1.807, 2.05) is 30.3 Å². The number of Topliss-reactive ketones (excluding diaryl/α,β-unsaturated/α-hetero) is 1. The second-order valence-corrected chi connectivity index (χ2v) is 5.75. The van der Waals surface area contributed by atoms with Gasteiger partial charge in [0.2, 0.25) is 0 Å². The van der Waals surface area contributed by atoms with Crippen molar-refractivity contribution in [3.63, 3.8) is 0 Å². The van der Waals surface area contributed by atoms with Crippen molar-refractivity contribution in [1.82, 2.24) is 9.88 Å². The molecule has 1 atom stereocenters. The van der Waals surface area contributed by atoms with E-state index >= 15 is 0 Å². The second kappa shape index (κ2) is 9.31. The largest absolute Gasteiger partial charge is 0.454 e. The number of carbonyl (C=O) groups is 3. The van der Waals surface area contributed by atoms with E-state index in [1.165, 1.54) is 23.8 Å². The molecule has 26 heavy (non-hydrogen) atoms. The molecular weight excluding hydrogens is 336 g/mol. The van der Waals surface area contributed by atoms with Gasteiger partial charge in [0, 0.05) is 12.3 Å². The Morgan fingerprint density at radius 3 is 2.42 bits per heavy atom. The first-order valence-corrected chi connectivity index (χ1v) is 8.10. The number of aromatic nitrogens is 1. The van der Waals surface area contributed by atoms with Crippen LogP contribution in [0.4, 0.5) is 0 Å². The summed E-state index contributed by atoms with van der Waals surface area (Å²) in [6.07, 6.45) is 1.81. The summed E-state index contributed by atoms with van der Waals surface area (Å²) in [4.78, 5) is 47.0. The maximum absolute atomic E-state index is 12.0. The van der Waals surface area contributed by atoms with E-state index < -0.39 is 24.5 Å². The number of hydrogen-bond acceptors (Lipinski definition) is 5. The Bertz CT molecular complexity index is 829. The van der Waals surface area contributed by atoms with E-state index in [0.29, 0.717) is 6.42 Å². The predicted molar refractivity (Wildman–Crippen MR) is 94.4 cm³/mol. The zero-order valence-corrected chi connectivity index (χ0v) is 14.4. The van der Waals surface area contributed by atoms with Crippen molar-refractivity contribution < 1.29 is 19.1 Å². The molecule has 1 aromatic carbocycles. The minimum absolute atomic E-state index is 0.190. The zero-order valence-electron chi connectivity index (χ0n) is 14.4. The van der Waals surface area contributed by atoms with E-state index in [1.54, 1.807) is 12.1 Å². The van der Waals surface area contributed by atoms with Gasteiger partial charge in [-0.2, -0.15) is 0 Å². The van der Waals surface area contributed by atoms with Gasteiger partial charge in [-0.05, 0) is 25.0 Å². The molecule has 1 aromatic heterocycles. The lowest BCUT2D eigenvalue weighted by Crippen LogP contribution is -2.43. The van der Waals surface area contributed by atoms with Crippen LogP contribution in [0.25, 0.3) is 0 Å². The molecule has 0 bridgehead atoms. The molecule has 1 heterocycles. The summed E-state index contributed by atoms with van der Waals surface area (Å²) >= 11 is 0. The molecule has 2 rings (SSSR count). The standard InChI is InChI=1S/C19H20N2O5/c1-14(22)16(11-15-7-3-2-4-8-15)20-17(23)13-26-19(25)12-21-10-6-5-9-18(21)24/h2-10,16H,11-13H2,1H3,(H,20,23)/t16-/m1/s1. The summed E-state index contributed by atoms with van der Waals surface area (Å²) in [5.74, 6) is -1.48. The maximum Gasteiger partial charge on any atom is 0.326 e. The Morgan fingerprint density at radius 2 is 1.77 bits per heavy atom. The summed E-state index contributed by atoms with van der Waals surface area (Å²) in [7, 11) is 0. The first kappa shape index (κ1) is 19.1. The third-order valence-electron chi connectivity index (χ3n) is 3.67. The SMILES string of the molecule is CC(=O)[C@@H](Cc1ccccc1)NC(=O)COC(=O)Cn1ccccc1=O. The van der Waals surface area contributed by atoms with Crippen molar-refractivity contribution in [1.29, 1.82) is 0 Å². The van der Waals surface area contributed by atoms with Gasteiger partial charge in [0.25, 0.3) is 11.5 Å². The number of pyridine rings is 1. The lowest BCUT2D eigenvalue weighted by atomic mass is 10.0. The summed E-state index contributed by atoms with van der Waals surface area (Å²) in [6.45, 7) is 0.591. The fourth-order valence-corrected chi connectivity index (χ4v) is 2.30. The number of nitrogens with one attached hydrogen (secondary N) is 1.